The molecule has 106 valence electrons. The molecule has 0 radical (unpaired) electrons. The largest absolute Gasteiger partial charge is 0.464 e. The summed E-state index contributed by atoms with van der Waals surface area (Å²) in [6, 6.07) is 4.12. The van der Waals surface area contributed by atoms with Crippen molar-refractivity contribution in [1.29, 1.82) is 0 Å². The molecule has 0 saturated carbocycles. The monoisotopic (exact) mass is 273 g/mol. The molecule has 1 fully saturated rings. The number of morpholine rings is 1. The van der Waals surface area contributed by atoms with Crippen LogP contribution in [0.5, 0.6) is 0 Å². The van der Waals surface area contributed by atoms with Crippen molar-refractivity contribution in [2.45, 2.75) is 20.3 Å². The highest BCUT2D eigenvalue weighted by molar-refractivity contribution is 5.89. The van der Waals surface area contributed by atoms with Crippen molar-refractivity contribution < 1.29 is 13.9 Å². The zero-order valence-corrected chi connectivity index (χ0v) is 11.9. The lowest BCUT2D eigenvalue weighted by Gasteiger charge is -2.26. The van der Waals surface area contributed by atoms with Crippen LogP contribution in [-0.4, -0.2) is 37.1 Å². The van der Waals surface area contributed by atoms with Crippen LogP contribution >= 0.6 is 0 Å². The molecule has 2 heterocycles. The molecule has 0 bridgehead atoms. The molecule has 2 aromatic rings. The molecule has 1 amide bonds. The zero-order valence-electron chi connectivity index (χ0n) is 11.9. The second-order valence-corrected chi connectivity index (χ2v) is 5.32. The molecule has 0 aliphatic carbocycles. The number of carbonyl (C=O) groups is 1. The summed E-state index contributed by atoms with van der Waals surface area (Å²) in [7, 11) is 0. The number of aryl methyl sites for hydroxylation is 2. The molecule has 1 aromatic carbocycles. The van der Waals surface area contributed by atoms with Crippen LogP contribution in [0, 0.1) is 13.8 Å². The first-order chi connectivity index (χ1) is 9.66. The molecule has 4 nitrogen and oxygen atoms in total. The Balaban J connectivity index is 1.84. The van der Waals surface area contributed by atoms with Crippen molar-refractivity contribution in [3.63, 3.8) is 0 Å². The lowest BCUT2D eigenvalue weighted by molar-refractivity contribution is -0.134. The van der Waals surface area contributed by atoms with Gasteiger partial charge in [0, 0.05) is 24.0 Å². The Morgan fingerprint density at radius 3 is 2.75 bits per heavy atom. The SMILES string of the molecule is Cc1ccc2c(CC(=O)N3CCOCC3)coc2c1C. The smallest absolute Gasteiger partial charge is 0.227 e. The molecular weight excluding hydrogens is 254 g/mol. The van der Waals surface area contributed by atoms with Gasteiger partial charge in [0.1, 0.15) is 5.58 Å². The second-order valence-electron chi connectivity index (χ2n) is 5.32. The molecule has 1 aliphatic heterocycles. The first-order valence-corrected chi connectivity index (χ1v) is 6.98. The van der Waals surface area contributed by atoms with Crippen molar-refractivity contribution in [3.8, 4) is 0 Å². The number of carbonyl (C=O) groups excluding carboxylic acids is 1. The third-order valence-corrected chi connectivity index (χ3v) is 4.05. The molecule has 1 aliphatic rings. The van der Waals surface area contributed by atoms with E-state index in [0.29, 0.717) is 32.7 Å². The third kappa shape index (κ3) is 2.31. The molecule has 3 rings (SSSR count). The van der Waals surface area contributed by atoms with Gasteiger partial charge in [-0.1, -0.05) is 12.1 Å². The highest BCUT2D eigenvalue weighted by Crippen LogP contribution is 2.27. The van der Waals surface area contributed by atoms with E-state index in [-0.39, 0.29) is 5.91 Å². The average Bonchev–Trinajstić information content (AvgIpc) is 2.87. The number of fused-ring (bicyclic) bond motifs is 1. The van der Waals surface area contributed by atoms with Gasteiger partial charge in [-0.2, -0.15) is 0 Å². The lowest BCUT2D eigenvalue weighted by atomic mass is 10.0. The third-order valence-electron chi connectivity index (χ3n) is 4.05. The molecule has 20 heavy (non-hydrogen) atoms. The fraction of sp³-hybridized carbons (Fsp3) is 0.438. The minimum absolute atomic E-state index is 0.147. The molecular formula is C16H19NO3. The summed E-state index contributed by atoms with van der Waals surface area (Å²) in [6.07, 6.45) is 2.12. The Morgan fingerprint density at radius 1 is 1.25 bits per heavy atom. The summed E-state index contributed by atoms with van der Waals surface area (Å²) in [6.45, 7) is 6.76. The van der Waals surface area contributed by atoms with Crippen molar-refractivity contribution in [3.05, 3.63) is 35.1 Å². The van der Waals surface area contributed by atoms with Crippen LogP contribution < -0.4 is 0 Å². The van der Waals surface area contributed by atoms with Gasteiger partial charge in [-0.05, 0) is 25.0 Å². The summed E-state index contributed by atoms with van der Waals surface area (Å²) in [5, 5.41) is 1.05. The van der Waals surface area contributed by atoms with E-state index in [9.17, 15) is 4.79 Å². The fourth-order valence-corrected chi connectivity index (χ4v) is 2.61. The van der Waals surface area contributed by atoms with Gasteiger partial charge >= 0.3 is 0 Å². The summed E-state index contributed by atoms with van der Waals surface area (Å²) >= 11 is 0. The van der Waals surface area contributed by atoms with Gasteiger partial charge in [0.15, 0.2) is 0 Å². The van der Waals surface area contributed by atoms with Gasteiger partial charge in [0.2, 0.25) is 5.91 Å². The molecule has 0 unspecified atom stereocenters. The van der Waals surface area contributed by atoms with E-state index in [1.807, 2.05) is 11.0 Å². The van der Waals surface area contributed by atoms with Crippen LogP contribution in [-0.2, 0) is 16.0 Å². The van der Waals surface area contributed by atoms with Crippen LogP contribution in [0.2, 0.25) is 0 Å². The van der Waals surface area contributed by atoms with Gasteiger partial charge in [0.25, 0.3) is 0 Å². The molecule has 0 spiro atoms. The molecule has 0 N–H and O–H groups in total. The number of hydrogen-bond acceptors (Lipinski definition) is 3. The number of ether oxygens (including phenoxy) is 1. The van der Waals surface area contributed by atoms with Gasteiger partial charge in [0.05, 0.1) is 25.9 Å². The molecule has 0 atom stereocenters. The first-order valence-electron chi connectivity index (χ1n) is 6.98. The maximum atomic E-state index is 12.3. The topological polar surface area (TPSA) is 42.7 Å². The lowest BCUT2D eigenvalue weighted by Crippen LogP contribution is -2.41. The van der Waals surface area contributed by atoms with E-state index in [2.05, 4.69) is 19.9 Å². The minimum atomic E-state index is 0.147. The van der Waals surface area contributed by atoms with Crippen molar-refractivity contribution in [2.24, 2.45) is 0 Å². The summed E-state index contributed by atoms with van der Waals surface area (Å²) in [4.78, 5) is 14.2. The van der Waals surface area contributed by atoms with Crippen LogP contribution in [0.25, 0.3) is 11.0 Å². The first kappa shape index (κ1) is 13.2. The zero-order chi connectivity index (χ0) is 14.1. The Kier molecular flexibility index (Phi) is 3.49. The number of rotatable bonds is 2. The highest BCUT2D eigenvalue weighted by atomic mass is 16.5. The van der Waals surface area contributed by atoms with E-state index in [0.717, 1.165) is 22.1 Å². The number of hydrogen-bond donors (Lipinski definition) is 0. The number of nitrogens with zero attached hydrogens (tertiary/aromatic N) is 1. The highest BCUT2D eigenvalue weighted by Gasteiger charge is 2.19. The van der Waals surface area contributed by atoms with Crippen LogP contribution in [0.1, 0.15) is 16.7 Å². The van der Waals surface area contributed by atoms with Gasteiger partial charge in [-0.3, -0.25) is 4.79 Å². The Hall–Kier alpha value is -1.81. The predicted molar refractivity (Wildman–Crippen MR) is 76.8 cm³/mol. The van der Waals surface area contributed by atoms with Gasteiger partial charge < -0.3 is 14.1 Å². The van der Waals surface area contributed by atoms with Crippen LogP contribution in [0.3, 0.4) is 0 Å². The maximum absolute atomic E-state index is 12.3. The van der Waals surface area contributed by atoms with E-state index < -0.39 is 0 Å². The standard InChI is InChI=1S/C16H19NO3/c1-11-3-4-14-13(10-20-16(14)12(11)2)9-15(18)17-5-7-19-8-6-17/h3-4,10H,5-9H2,1-2H3. The summed E-state index contributed by atoms with van der Waals surface area (Å²) in [5.74, 6) is 0.147. The predicted octanol–water partition coefficient (Wildman–Crippen LogP) is 2.45. The fourth-order valence-electron chi connectivity index (χ4n) is 2.61. The molecule has 1 aromatic heterocycles. The average molecular weight is 273 g/mol. The number of furan rings is 1. The van der Waals surface area contributed by atoms with E-state index in [4.69, 9.17) is 9.15 Å². The van der Waals surface area contributed by atoms with Crippen molar-refractivity contribution in [2.75, 3.05) is 26.3 Å². The summed E-state index contributed by atoms with van der Waals surface area (Å²) < 4.78 is 10.9. The van der Waals surface area contributed by atoms with E-state index in [1.54, 1.807) is 6.26 Å². The summed E-state index contributed by atoms with van der Waals surface area (Å²) in [5.41, 5.74) is 4.22. The minimum Gasteiger partial charge on any atom is -0.464 e. The Labute approximate surface area is 118 Å². The Bertz CT molecular complexity index is 638. The van der Waals surface area contributed by atoms with Crippen molar-refractivity contribution in [1.82, 2.24) is 4.90 Å². The molecule has 1 saturated heterocycles. The second kappa shape index (κ2) is 5.29. The van der Waals surface area contributed by atoms with Crippen LogP contribution in [0.15, 0.2) is 22.8 Å². The van der Waals surface area contributed by atoms with E-state index in [1.165, 1.54) is 5.56 Å². The number of amides is 1. The van der Waals surface area contributed by atoms with Crippen molar-refractivity contribution >= 4 is 16.9 Å². The molecule has 4 heteroatoms. The quantitative estimate of drug-likeness (QED) is 0.844. The van der Waals surface area contributed by atoms with E-state index >= 15 is 0 Å². The normalized spacial score (nSPS) is 15.8. The Morgan fingerprint density at radius 2 is 2.00 bits per heavy atom. The number of benzene rings is 1. The van der Waals surface area contributed by atoms with Crippen LogP contribution in [0.4, 0.5) is 0 Å². The maximum Gasteiger partial charge on any atom is 0.227 e. The van der Waals surface area contributed by atoms with Gasteiger partial charge in [-0.25, -0.2) is 0 Å². The van der Waals surface area contributed by atoms with Gasteiger partial charge in [-0.15, -0.1) is 0 Å².